The van der Waals surface area contributed by atoms with Crippen LogP contribution in [0.5, 0.6) is 0 Å². The Hall–Kier alpha value is -1.44. The molecule has 2 aromatic rings. The molecule has 0 spiro atoms. The molecule has 0 unspecified atom stereocenters. The highest BCUT2D eigenvalue weighted by Gasteiger charge is 2.37. The SMILES string of the molecule is CN(C1CCN(Cc2c[nH]c3ccccc23)CC1)[C@@H]1COC[C@@H](O)[C@H]1O. The lowest BCUT2D eigenvalue weighted by Crippen LogP contribution is -2.58. The normalized spacial score (nSPS) is 28.8. The van der Waals surface area contributed by atoms with E-state index in [9.17, 15) is 10.2 Å². The summed E-state index contributed by atoms with van der Waals surface area (Å²) in [7, 11) is 2.05. The van der Waals surface area contributed by atoms with E-state index in [1.807, 2.05) is 0 Å². The Morgan fingerprint density at radius 3 is 2.77 bits per heavy atom. The molecule has 1 aromatic carbocycles. The lowest BCUT2D eigenvalue weighted by atomic mass is 9.97. The predicted octanol–water partition coefficient (Wildman–Crippen LogP) is 1.18. The van der Waals surface area contributed by atoms with Crippen molar-refractivity contribution >= 4 is 10.9 Å². The fourth-order valence-corrected chi connectivity index (χ4v) is 4.38. The molecule has 3 heterocycles. The average Bonchev–Trinajstić information content (AvgIpc) is 3.07. The van der Waals surface area contributed by atoms with E-state index in [2.05, 4.69) is 52.3 Å². The Bertz CT molecular complexity index is 726. The van der Waals surface area contributed by atoms with Crippen molar-refractivity contribution in [2.24, 2.45) is 0 Å². The second kappa shape index (κ2) is 7.66. The number of likely N-dealkylation sites (tertiary alicyclic amines) is 1. The van der Waals surface area contributed by atoms with Crippen LogP contribution in [0.4, 0.5) is 0 Å². The van der Waals surface area contributed by atoms with E-state index in [4.69, 9.17) is 4.74 Å². The molecule has 142 valence electrons. The van der Waals surface area contributed by atoms with Crippen molar-refractivity contribution in [3.63, 3.8) is 0 Å². The zero-order chi connectivity index (χ0) is 18.1. The molecule has 6 heteroatoms. The van der Waals surface area contributed by atoms with Crippen molar-refractivity contribution in [2.75, 3.05) is 33.4 Å². The van der Waals surface area contributed by atoms with Gasteiger partial charge >= 0.3 is 0 Å². The molecular weight excluding hydrogens is 330 g/mol. The largest absolute Gasteiger partial charge is 0.389 e. The number of aliphatic hydroxyl groups excluding tert-OH is 2. The van der Waals surface area contributed by atoms with Gasteiger partial charge < -0.3 is 19.9 Å². The number of aromatic amines is 1. The smallest absolute Gasteiger partial charge is 0.105 e. The Morgan fingerprint density at radius 2 is 1.96 bits per heavy atom. The minimum absolute atomic E-state index is 0.121. The van der Waals surface area contributed by atoms with Gasteiger partial charge in [0.15, 0.2) is 0 Å². The Labute approximate surface area is 154 Å². The molecule has 6 nitrogen and oxygen atoms in total. The van der Waals surface area contributed by atoms with Gasteiger partial charge in [0.2, 0.25) is 0 Å². The van der Waals surface area contributed by atoms with E-state index < -0.39 is 12.2 Å². The number of nitrogens with zero attached hydrogens (tertiary/aromatic N) is 2. The van der Waals surface area contributed by atoms with Crippen LogP contribution >= 0.6 is 0 Å². The summed E-state index contributed by atoms with van der Waals surface area (Å²) in [4.78, 5) is 8.08. The van der Waals surface area contributed by atoms with Crippen molar-refractivity contribution in [1.29, 1.82) is 0 Å². The summed E-state index contributed by atoms with van der Waals surface area (Å²) in [6.07, 6.45) is 2.76. The first-order valence-corrected chi connectivity index (χ1v) is 9.56. The number of nitrogens with one attached hydrogen (secondary N) is 1. The lowest BCUT2D eigenvalue weighted by molar-refractivity contribution is -0.137. The molecule has 3 atom stereocenters. The van der Waals surface area contributed by atoms with Crippen LogP contribution in [0.25, 0.3) is 10.9 Å². The fourth-order valence-electron chi connectivity index (χ4n) is 4.38. The number of hydrogen-bond acceptors (Lipinski definition) is 5. The van der Waals surface area contributed by atoms with Gasteiger partial charge in [-0.1, -0.05) is 18.2 Å². The summed E-state index contributed by atoms with van der Waals surface area (Å²) in [5, 5.41) is 21.4. The van der Waals surface area contributed by atoms with Crippen molar-refractivity contribution < 1.29 is 14.9 Å². The van der Waals surface area contributed by atoms with Gasteiger partial charge in [-0.3, -0.25) is 9.80 Å². The zero-order valence-corrected chi connectivity index (χ0v) is 15.3. The highest BCUT2D eigenvalue weighted by atomic mass is 16.5. The van der Waals surface area contributed by atoms with E-state index in [-0.39, 0.29) is 12.6 Å². The van der Waals surface area contributed by atoms with Crippen LogP contribution in [0.2, 0.25) is 0 Å². The summed E-state index contributed by atoms with van der Waals surface area (Å²) in [6.45, 7) is 3.77. The van der Waals surface area contributed by atoms with Crippen molar-refractivity contribution in [3.05, 3.63) is 36.0 Å². The van der Waals surface area contributed by atoms with Gasteiger partial charge in [-0.05, 0) is 44.6 Å². The van der Waals surface area contributed by atoms with E-state index in [1.165, 1.54) is 16.5 Å². The summed E-state index contributed by atoms with van der Waals surface area (Å²) in [6, 6.07) is 8.74. The Balaban J connectivity index is 1.34. The van der Waals surface area contributed by atoms with Gasteiger partial charge in [0, 0.05) is 29.7 Å². The molecule has 4 rings (SSSR count). The Morgan fingerprint density at radius 1 is 1.19 bits per heavy atom. The number of ether oxygens (including phenoxy) is 1. The van der Waals surface area contributed by atoms with Crippen LogP contribution < -0.4 is 0 Å². The number of para-hydroxylation sites is 1. The highest BCUT2D eigenvalue weighted by molar-refractivity contribution is 5.82. The van der Waals surface area contributed by atoms with E-state index in [1.54, 1.807) is 0 Å². The first kappa shape index (κ1) is 17.9. The van der Waals surface area contributed by atoms with Gasteiger partial charge in [0.25, 0.3) is 0 Å². The van der Waals surface area contributed by atoms with Crippen LogP contribution in [-0.4, -0.2) is 82.6 Å². The standard InChI is InChI=1S/C20H29N3O3/c1-22(18-12-26-13-19(24)20(18)25)15-6-8-23(9-7-15)11-14-10-21-17-5-3-2-4-16(14)17/h2-5,10,15,18-21,24-25H,6-9,11-13H2,1H3/t18-,19-,20+/m1/s1. The third-order valence-electron chi connectivity index (χ3n) is 6.09. The highest BCUT2D eigenvalue weighted by Crippen LogP contribution is 2.25. The molecule has 0 radical (unpaired) electrons. The monoisotopic (exact) mass is 359 g/mol. The number of aliphatic hydroxyl groups is 2. The summed E-state index contributed by atoms with van der Waals surface area (Å²) >= 11 is 0. The molecule has 2 aliphatic heterocycles. The van der Waals surface area contributed by atoms with Crippen molar-refractivity contribution in [3.8, 4) is 0 Å². The first-order chi connectivity index (χ1) is 12.6. The zero-order valence-electron chi connectivity index (χ0n) is 15.3. The molecule has 2 aliphatic rings. The molecule has 0 aliphatic carbocycles. The van der Waals surface area contributed by atoms with E-state index >= 15 is 0 Å². The van der Waals surface area contributed by atoms with E-state index in [0.29, 0.717) is 12.6 Å². The topological polar surface area (TPSA) is 72.0 Å². The van der Waals surface area contributed by atoms with Gasteiger partial charge in [0.05, 0.1) is 25.4 Å². The number of rotatable bonds is 4. The molecule has 2 fully saturated rings. The Kier molecular flexibility index (Phi) is 5.29. The minimum Gasteiger partial charge on any atom is -0.389 e. The molecular formula is C20H29N3O3. The fraction of sp³-hybridized carbons (Fsp3) is 0.600. The quantitative estimate of drug-likeness (QED) is 0.765. The second-order valence-corrected chi connectivity index (χ2v) is 7.70. The third-order valence-corrected chi connectivity index (χ3v) is 6.09. The molecule has 0 saturated carbocycles. The van der Waals surface area contributed by atoms with Gasteiger partial charge in [-0.25, -0.2) is 0 Å². The lowest BCUT2D eigenvalue weighted by Gasteiger charge is -2.44. The van der Waals surface area contributed by atoms with Gasteiger partial charge in [-0.15, -0.1) is 0 Å². The number of hydrogen-bond donors (Lipinski definition) is 3. The average molecular weight is 359 g/mol. The number of benzene rings is 1. The molecule has 0 bridgehead atoms. The number of likely N-dealkylation sites (N-methyl/N-ethyl adjacent to an activating group) is 1. The van der Waals surface area contributed by atoms with Crippen molar-refractivity contribution in [1.82, 2.24) is 14.8 Å². The maximum atomic E-state index is 10.3. The molecule has 1 aromatic heterocycles. The van der Waals surface area contributed by atoms with E-state index in [0.717, 1.165) is 32.5 Å². The summed E-state index contributed by atoms with van der Waals surface area (Å²) in [5.74, 6) is 0. The number of fused-ring (bicyclic) bond motifs is 1. The maximum Gasteiger partial charge on any atom is 0.105 e. The second-order valence-electron chi connectivity index (χ2n) is 7.70. The number of piperidine rings is 1. The van der Waals surface area contributed by atoms with Crippen LogP contribution in [0.3, 0.4) is 0 Å². The van der Waals surface area contributed by atoms with Crippen LogP contribution in [0, 0.1) is 0 Å². The molecule has 2 saturated heterocycles. The number of aromatic nitrogens is 1. The predicted molar refractivity (Wildman–Crippen MR) is 101 cm³/mol. The summed E-state index contributed by atoms with van der Waals surface area (Å²) < 4.78 is 5.44. The minimum atomic E-state index is -0.779. The first-order valence-electron chi connectivity index (χ1n) is 9.56. The van der Waals surface area contributed by atoms with Crippen molar-refractivity contribution in [2.45, 2.75) is 43.7 Å². The molecule has 26 heavy (non-hydrogen) atoms. The van der Waals surface area contributed by atoms with Crippen LogP contribution in [-0.2, 0) is 11.3 Å². The molecule has 3 N–H and O–H groups in total. The maximum absolute atomic E-state index is 10.3. The van der Waals surface area contributed by atoms with Gasteiger partial charge in [-0.2, -0.15) is 0 Å². The van der Waals surface area contributed by atoms with Crippen LogP contribution in [0.1, 0.15) is 18.4 Å². The summed E-state index contributed by atoms with van der Waals surface area (Å²) in [5.41, 5.74) is 2.55. The number of H-pyrrole nitrogens is 1. The molecule has 0 amide bonds. The third kappa shape index (κ3) is 3.52. The van der Waals surface area contributed by atoms with Gasteiger partial charge in [0.1, 0.15) is 6.10 Å². The van der Waals surface area contributed by atoms with Crippen LogP contribution in [0.15, 0.2) is 30.5 Å².